The number of aliphatic hydroxyl groups excluding tert-OH is 1. The van der Waals surface area contributed by atoms with Gasteiger partial charge in [-0.25, -0.2) is 9.97 Å². The van der Waals surface area contributed by atoms with Crippen LogP contribution in [-0.4, -0.2) is 84.3 Å². The lowest BCUT2D eigenvalue weighted by atomic mass is 9.90. The second kappa shape index (κ2) is 11.9. The summed E-state index contributed by atoms with van der Waals surface area (Å²) in [6.45, 7) is 7.16. The Morgan fingerprint density at radius 1 is 1.16 bits per heavy atom. The lowest BCUT2D eigenvalue weighted by Crippen LogP contribution is -2.40. The number of nitrogens with one attached hydrogen (secondary N) is 1. The van der Waals surface area contributed by atoms with Crippen molar-refractivity contribution in [3.05, 3.63) is 47.8 Å². The van der Waals surface area contributed by atoms with E-state index in [0.29, 0.717) is 11.7 Å². The van der Waals surface area contributed by atoms with Crippen LogP contribution in [0, 0.1) is 12.8 Å². The SMILES string of the molecule is COc1ccc(-c2ccc3nc(C)nc(NC(C)C4CCN(CCO)CC4)c3c2)cc1CC(=O)N(C)C. The van der Waals surface area contributed by atoms with Crippen molar-refractivity contribution in [2.45, 2.75) is 39.2 Å². The molecule has 37 heavy (non-hydrogen) atoms. The van der Waals surface area contributed by atoms with Crippen molar-refractivity contribution in [2.24, 2.45) is 5.92 Å². The van der Waals surface area contributed by atoms with Crippen LogP contribution in [0.2, 0.25) is 0 Å². The van der Waals surface area contributed by atoms with Gasteiger partial charge >= 0.3 is 0 Å². The van der Waals surface area contributed by atoms with Crippen LogP contribution in [0.3, 0.4) is 0 Å². The van der Waals surface area contributed by atoms with Crippen LogP contribution in [0.1, 0.15) is 31.2 Å². The number of carbonyl (C=O) groups is 1. The zero-order valence-corrected chi connectivity index (χ0v) is 22.6. The van der Waals surface area contributed by atoms with Gasteiger partial charge in [-0.3, -0.25) is 4.79 Å². The molecule has 2 N–H and O–H groups in total. The molecule has 1 unspecified atom stereocenters. The number of aryl methyl sites for hydroxylation is 1. The number of methoxy groups -OCH3 is 1. The van der Waals surface area contributed by atoms with Crippen LogP contribution in [-0.2, 0) is 11.2 Å². The fourth-order valence-electron chi connectivity index (χ4n) is 5.10. The van der Waals surface area contributed by atoms with Gasteiger partial charge in [0.1, 0.15) is 17.4 Å². The van der Waals surface area contributed by atoms with Gasteiger partial charge in [0, 0.05) is 37.6 Å². The van der Waals surface area contributed by atoms with E-state index in [-0.39, 0.29) is 25.0 Å². The van der Waals surface area contributed by atoms with Gasteiger partial charge in [0.05, 0.1) is 25.7 Å². The molecule has 4 rings (SSSR count). The Balaban J connectivity index is 1.62. The van der Waals surface area contributed by atoms with Crippen LogP contribution in [0.4, 0.5) is 5.82 Å². The molecule has 0 saturated carbocycles. The third kappa shape index (κ3) is 6.37. The number of anilines is 1. The van der Waals surface area contributed by atoms with Gasteiger partial charge in [-0.15, -0.1) is 0 Å². The van der Waals surface area contributed by atoms with Gasteiger partial charge in [0.15, 0.2) is 0 Å². The summed E-state index contributed by atoms with van der Waals surface area (Å²) < 4.78 is 5.52. The quantitative estimate of drug-likeness (QED) is 0.458. The van der Waals surface area contributed by atoms with Gasteiger partial charge in [-0.1, -0.05) is 12.1 Å². The Kier molecular flexibility index (Phi) is 8.61. The number of nitrogens with zero attached hydrogens (tertiary/aromatic N) is 4. The molecule has 1 aliphatic heterocycles. The minimum absolute atomic E-state index is 0.0282. The predicted octanol–water partition coefficient (Wildman–Crippen LogP) is 3.75. The first-order valence-corrected chi connectivity index (χ1v) is 13.0. The summed E-state index contributed by atoms with van der Waals surface area (Å²) >= 11 is 0. The highest BCUT2D eigenvalue weighted by molar-refractivity contribution is 5.93. The molecule has 1 aliphatic rings. The topological polar surface area (TPSA) is 90.8 Å². The second-order valence-corrected chi connectivity index (χ2v) is 10.2. The van der Waals surface area contributed by atoms with Crippen molar-refractivity contribution in [1.29, 1.82) is 0 Å². The van der Waals surface area contributed by atoms with E-state index in [0.717, 1.165) is 71.7 Å². The van der Waals surface area contributed by atoms with Crippen molar-refractivity contribution in [3.63, 3.8) is 0 Å². The number of rotatable bonds is 9. The monoisotopic (exact) mass is 505 g/mol. The van der Waals surface area contributed by atoms with E-state index in [1.807, 2.05) is 31.2 Å². The molecule has 0 aliphatic carbocycles. The number of fused-ring (bicyclic) bond motifs is 1. The Morgan fingerprint density at radius 2 is 1.86 bits per heavy atom. The minimum atomic E-state index is 0.0282. The van der Waals surface area contributed by atoms with Crippen molar-refractivity contribution in [3.8, 4) is 16.9 Å². The molecule has 1 saturated heterocycles. The average Bonchev–Trinajstić information content (AvgIpc) is 2.89. The van der Waals surface area contributed by atoms with Gasteiger partial charge in [-0.05, 0) is 81.1 Å². The Labute approximate surface area is 219 Å². The third-order valence-electron chi connectivity index (χ3n) is 7.38. The number of piperidine rings is 1. The van der Waals surface area contributed by atoms with Gasteiger partial charge < -0.3 is 25.0 Å². The van der Waals surface area contributed by atoms with Crippen LogP contribution >= 0.6 is 0 Å². The van der Waals surface area contributed by atoms with Crippen LogP contribution < -0.4 is 10.1 Å². The lowest BCUT2D eigenvalue weighted by molar-refractivity contribution is -0.127. The normalized spacial score (nSPS) is 15.5. The smallest absolute Gasteiger partial charge is 0.226 e. The highest BCUT2D eigenvalue weighted by atomic mass is 16.5. The van der Waals surface area contributed by atoms with Gasteiger partial charge in [0.25, 0.3) is 0 Å². The number of hydrogen-bond donors (Lipinski definition) is 2. The summed E-state index contributed by atoms with van der Waals surface area (Å²) in [5.41, 5.74) is 3.81. The molecular weight excluding hydrogens is 466 g/mol. The van der Waals surface area contributed by atoms with Crippen molar-refractivity contribution >= 4 is 22.6 Å². The molecule has 2 aromatic carbocycles. The van der Waals surface area contributed by atoms with Crippen molar-refractivity contribution < 1.29 is 14.6 Å². The van der Waals surface area contributed by atoms with Crippen molar-refractivity contribution in [1.82, 2.24) is 19.8 Å². The van der Waals surface area contributed by atoms with E-state index >= 15 is 0 Å². The fourth-order valence-corrected chi connectivity index (χ4v) is 5.10. The summed E-state index contributed by atoms with van der Waals surface area (Å²) in [6.07, 6.45) is 2.48. The number of β-amino-alcohol motifs (C(OH)–C–C–N with tert-alkyl or cyclic N) is 1. The lowest BCUT2D eigenvalue weighted by Gasteiger charge is -2.35. The standard InChI is InChI=1S/C29H39N5O3/c1-19(21-10-12-34(13-11-21)14-15-35)30-29-25-17-23(6-8-26(25)31-20(2)32-29)22-7-9-27(37-5)24(16-22)18-28(36)33(3)4/h6-9,16-17,19,21,35H,10-15,18H2,1-5H3,(H,30,31,32). The largest absolute Gasteiger partial charge is 0.496 e. The molecule has 1 atom stereocenters. The molecule has 1 fully saturated rings. The zero-order chi connectivity index (χ0) is 26.5. The van der Waals surface area contributed by atoms with E-state index < -0.39 is 0 Å². The summed E-state index contributed by atoms with van der Waals surface area (Å²) in [7, 11) is 5.15. The number of aromatic nitrogens is 2. The molecule has 0 radical (unpaired) electrons. The number of ether oxygens (including phenoxy) is 1. The third-order valence-corrected chi connectivity index (χ3v) is 7.38. The van der Waals surface area contributed by atoms with E-state index in [1.165, 1.54) is 0 Å². The first kappa shape index (κ1) is 26.8. The van der Waals surface area contributed by atoms with Crippen LogP contribution in [0.15, 0.2) is 36.4 Å². The molecule has 8 nitrogen and oxygen atoms in total. The highest BCUT2D eigenvalue weighted by Crippen LogP contribution is 2.32. The molecule has 0 bridgehead atoms. The number of amides is 1. The summed E-state index contributed by atoms with van der Waals surface area (Å²) in [5, 5.41) is 13.9. The number of likely N-dealkylation sites (N-methyl/N-ethyl adjacent to an activating group) is 1. The van der Waals surface area contributed by atoms with E-state index in [4.69, 9.17) is 9.72 Å². The predicted molar refractivity (Wildman–Crippen MR) is 148 cm³/mol. The molecule has 8 heteroatoms. The first-order chi connectivity index (χ1) is 17.8. The van der Waals surface area contributed by atoms with E-state index in [1.54, 1.807) is 26.1 Å². The number of aliphatic hydroxyl groups is 1. The molecule has 198 valence electrons. The van der Waals surface area contributed by atoms with Crippen LogP contribution in [0.5, 0.6) is 5.75 Å². The summed E-state index contributed by atoms with van der Waals surface area (Å²) in [6, 6.07) is 12.5. The summed E-state index contributed by atoms with van der Waals surface area (Å²) in [5.74, 6) is 2.87. The highest BCUT2D eigenvalue weighted by Gasteiger charge is 2.24. The fraction of sp³-hybridized carbons (Fsp3) is 0.483. The average molecular weight is 506 g/mol. The minimum Gasteiger partial charge on any atom is -0.496 e. The Bertz CT molecular complexity index is 1240. The number of benzene rings is 2. The van der Waals surface area contributed by atoms with E-state index in [2.05, 4.69) is 34.3 Å². The van der Waals surface area contributed by atoms with Gasteiger partial charge in [0.2, 0.25) is 5.91 Å². The Hall–Kier alpha value is -3.23. The molecule has 1 amide bonds. The number of carbonyl (C=O) groups excluding carboxylic acids is 1. The maximum Gasteiger partial charge on any atom is 0.226 e. The van der Waals surface area contributed by atoms with Crippen LogP contribution in [0.25, 0.3) is 22.0 Å². The summed E-state index contributed by atoms with van der Waals surface area (Å²) in [4.78, 5) is 25.8. The first-order valence-electron chi connectivity index (χ1n) is 13.0. The molecule has 1 aromatic heterocycles. The second-order valence-electron chi connectivity index (χ2n) is 10.2. The number of likely N-dealkylation sites (tertiary alicyclic amines) is 1. The molecule has 2 heterocycles. The van der Waals surface area contributed by atoms with E-state index in [9.17, 15) is 9.90 Å². The molecular formula is C29H39N5O3. The maximum absolute atomic E-state index is 12.4. The molecule has 0 spiro atoms. The molecule has 3 aromatic rings. The maximum atomic E-state index is 12.4. The number of hydrogen-bond acceptors (Lipinski definition) is 7. The Morgan fingerprint density at radius 3 is 2.54 bits per heavy atom. The van der Waals surface area contributed by atoms with Gasteiger partial charge in [-0.2, -0.15) is 0 Å². The van der Waals surface area contributed by atoms with Crippen molar-refractivity contribution in [2.75, 3.05) is 52.8 Å². The zero-order valence-electron chi connectivity index (χ0n) is 22.6.